The van der Waals surface area contributed by atoms with Gasteiger partial charge in [-0.15, -0.1) is 0 Å². The Hall–Kier alpha value is -7.63. The van der Waals surface area contributed by atoms with E-state index in [1.807, 2.05) is 68.5 Å². The molecule has 2 aromatic carbocycles. The standard InChI is InChI=1S/C93H136FN7O25S2/c1-60-15-11-10-12-16-61(2)78(113-8)56-71-22-18-65(6)93(111,126-71)88(107)90(109)101-31-14-13-17-74(101)91(110)124-79(57-75(102)62(3)52-64(5)86(105)87(106)85(104)63(4)51-60)73(95)53-67-19-24-77(80(54-67)114-9)125-92(127)98-29-34-116-37-39-118-41-43-120-45-47-122-49-48-121-46-44-119-42-40-117-38-36-115-33-28-83(103)97-30-50-128(112)81-26-23-72(66(7)84(81)94)89(108)100-32-35-123-76-25-20-68(55-70(76)59-100)69-21-27-82(96)99-58-69/h10-12,15-16,20-21,23,25-27,52,55,58,60,62-63,65,67,71,73-74,77-80,86-87,105-106,111H,13-14,17-19,22,24,28-51,53-54,56-57,59,95H2,1-9H3,(H2,96,99)(H,97,103)(H,98,127)/b12-10+,15-11+,61-16+,64-52+/t60-,62-,63-,65-,67+,71+,73-,74+,77-,78+,79+,80-,86-,87+,93-,128?/m1/s1. The second-order valence-electron chi connectivity index (χ2n) is 33.3. The molecule has 8 rings (SSSR count). The van der Waals surface area contributed by atoms with E-state index in [0.717, 1.165) is 27.2 Å². The Kier molecular flexibility index (Phi) is 46.0. The van der Waals surface area contributed by atoms with Crippen molar-refractivity contribution in [3.05, 3.63) is 119 Å². The molecule has 1 aliphatic carbocycles. The molecular weight excluding hydrogens is 1700 g/mol. The Bertz CT molecular complexity index is 4150. The lowest BCUT2D eigenvalue weighted by atomic mass is 9.80. The van der Waals surface area contributed by atoms with Gasteiger partial charge in [0.2, 0.25) is 11.7 Å². The van der Waals surface area contributed by atoms with E-state index < -0.39 is 125 Å². The lowest BCUT2D eigenvalue weighted by molar-refractivity contribution is -0.265. The number of nitrogens with one attached hydrogen (secondary N) is 2. The number of esters is 1. The van der Waals surface area contributed by atoms with E-state index in [9.17, 15) is 53.4 Å². The molecule has 3 amide bonds. The summed E-state index contributed by atoms with van der Waals surface area (Å²) in [5.74, 6) is -9.55. The number of ketones is 3. The number of Topliss-reactive ketones (excluding diaryl/α,β-unsaturated/α-hetero) is 3. The molecule has 32 nitrogen and oxygen atoms in total. The van der Waals surface area contributed by atoms with Gasteiger partial charge in [0, 0.05) is 105 Å². The average Bonchev–Trinajstić information content (AvgIpc) is 0.787. The number of carbonyl (C=O) groups excluding carboxylic acids is 7. The number of methoxy groups -OCH3 is 2. The van der Waals surface area contributed by atoms with Gasteiger partial charge in [0.05, 0.1) is 137 Å². The molecule has 9 N–H and O–H groups in total. The molecule has 1 unspecified atom stereocenters. The number of aliphatic hydroxyl groups excluding tert-OH is 2. The van der Waals surface area contributed by atoms with Gasteiger partial charge in [-0.1, -0.05) is 70.2 Å². The number of carbonyl (C=O) groups is 7. The predicted molar refractivity (Wildman–Crippen MR) is 480 cm³/mol. The molecule has 712 valence electrons. The number of benzene rings is 2. The molecule has 128 heavy (non-hydrogen) atoms. The molecule has 5 heterocycles. The number of piperidine rings is 1. The summed E-state index contributed by atoms with van der Waals surface area (Å²) in [6.07, 6.45) is 9.98. The Balaban J connectivity index is 0.638. The zero-order valence-corrected chi connectivity index (χ0v) is 77.3. The van der Waals surface area contributed by atoms with E-state index >= 15 is 4.39 Å². The van der Waals surface area contributed by atoms with Crippen molar-refractivity contribution in [1.29, 1.82) is 0 Å². The first-order valence-electron chi connectivity index (χ1n) is 44.7. The molecule has 4 aliphatic heterocycles. The van der Waals surface area contributed by atoms with Crippen molar-refractivity contribution in [2.24, 2.45) is 35.3 Å². The highest BCUT2D eigenvalue weighted by atomic mass is 32.2. The molecule has 1 aromatic heterocycles. The van der Waals surface area contributed by atoms with E-state index in [-0.39, 0.29) is 134 Å². The highest BCUT2D eigenvalue weighted by Gasteiger charge is 2.53. The summed E-state index contributed by atoms with van der Waals surface area (Å²) in [5, 5.41) is 40.5. The summed E-state index contributed by atoms with van der Waals surface area (Å²) in [7, 11) is 3.12. The molecule has 5 aliphatic rings. The third-order valence-corrected chi connectivity index (χ3v) is 25.3. The van der Waals surface area contributed by atoms with Crippen LogP contribution in [0.25, 0.3) is 11.1 Å². The van der Waals surface area contributed by atoms with Crippen LogP contribution in [0.4, 0.5) is 10.2 Å². The molecule has 1 saturated carbocycles. The lowest BCUT2D eigenvalue weighted by Crippen LogP contribution is -2.61. The molecule has 3 aromatic rings. The van der Waals surface area contributed by atoms with Gasteiger partial charge in [-0.25, -0.2) is 14.2 Å². The maximum absolute atomic E-state index is 15.7. The maximum atomic E-state index is 15.7. The number of halogens is 1. The number of nitrogen functional groups attached to an aromatic ring is 1. The maximum Gasteiger partial charge on any atom is 0.329 e. The second kappa shape index (κ2) is 55.6. The van der Waals surface area contributed by atoms with Crippen molar-refractivity contribution in [3.8, 4) is 16.9 Å². The predicted octanol–water partition coefficient (Wildman–Crippen LogP) is 7.69. The normalized spacial score (nSPS) is 27.0. The van der Waals surface area contributed by atoms with Crippen LogP contribution in [-0.4, -0.2) is 300 Å². The monoisotopic (exact) mass is 1830 g/mol. The van der Waals surface area contributed by atoms with Crippen LogP contribution in [0.5, 0.6) is 5.75 Å². The first-order chi connectivity index (χ1) is 61.5. The Morgan fingerprint density at radius 1 is 0.727 bits per heavy atom. The first-order valence-corrected chi connectivity index (χ1v) is 46.4. The van der Waals surface area contributed by atoms with E-state index in [4.69, 9.17) is 90.0 Å². The van der Waals surface area contributed by atoms with Crippen molar-refractivity contribution in [3.63, 3.8) is 0 Å². The molecule has 2 bridgehead atoms. The molecule has 16 atom stereocenters. The van der Waals surface area contributed by atoms with Crippen LogP contribution in [0.1, 0.15) is 146 Å². The average molecular weight is 1840 g/mol. The number of thiocarbonyl (C=S) groups is 1. The number of cyclic esters (lactones) is 1. The van der Waals surface area contributed by atoms with Gasteiger partial charge in [0.15, 0.2) is 16.5 Å². The quantitative estimate of drug-likeness (QED) is 0.00718. The van der Waals surface area contributed by atoms with Gasteiger partial charge in [-0.2, -0.15) is 0 Å². The zero-order valence-electron chi connectivity index (χ0n) is 75.6. The number of amides is 3. The topological polar surface area (TPSA) is 428 Å². The molecule has 0 spiro atoms. The number of hydrogen-bond donors (Lipinski definition) is 7. The number of aromatic nitrogens is 1. The van der Waals surface area contributed by atoms with Crippen molar-refractivity contribution in [1.82, 2.24) is 25.4 Å². The third kappa shape index (κ3) is 33.6. The Morgan fingerprint density at radius 3 is 2.02 bits per heavy atom. The summed E-state index contributed by atoms with van der Waals surface area (Å²) in [6.45, 7) is 18.4. The fourth-order valence-corrected chi connectivity index (χ4v) is 17.4. The number of pyridine rings is 1. The van der Waals surface area contributed by atoms with E-state index in [2.05, 4.69) is 15.6 Å². The van der Waals surface area contributed by atoms with Gasteiger partial charge in [0.1, 0.15) is 60.2 Å². The van der Waals surface area contributed by atoms with Crippen LogP contribution >= 0.6 is 12.2 Å². The number of aliphatic hydroxyl groups is 3. The zero-order chi connectivity index (χ0) is 92.7. The Morgan fingerprint density at radius 2 is 1.38 bits per heavy atom. The van der Waals surface area contributed by atoms with Crippen LogP contribution in [0.15, 0.2) is 101 Å². The summed E-state index contributed by atoms with van der Waals surface area (Å²) in [5.41, 5.74) is 16.6. The molecule has 3 fully saturated rings. The largest absolute Gasteiger partial charge is 0.611 e. The van der Waals surface area contributed by atoms with E-state index in [1.165, 1.54) is 32.1 Å². The minimum Gasteiger partial charge on any atom is -0.611 e. The van der Waals surface area contributed by atoms with Crippen molar-refractivity contribution >= 4 is 75.4 Å². The van der Waals surface area contributed by atoms with Crippen LogP contribution in [0, 0.1) is 42.3 Å². The first kappa shape index (κ1) is 106. The fraction of sp³-hybridized carbons (Fsp3) is 0.645. The summed E-state index contributed by atoms with van der Waals surface area (Å²) in [6, 6.07) is 9.93. The minimum atomic E-state index is -2.50. The van der Waals surface area contributed by atoms with Gasteiger partial charge in [0.25, 0.3) is 22.8 Å². The number of nitrogens with zero attached hydrogens (tertiary/aromatic N) is 3. The van der Waals surface area contributed by atoms with E-state index in [1.54, 1.807) is 52.2 Å². The number of allylic oxidation sites excluding steroid dienone is 6. The summed E-state index contributed by atoms with van der Waals surface area (Å²) in [4.78, 5) is 105. The van der Waals surface area contributed by atoms with Crippen LogP contribution in [-0.2, 0) is 108 Å². The van der Waals surface area contributed by atoms with Gasteiger partial charge in [-0.05, 0) is 173 Å². The molecule has 2 saturated heterocycles. The van der Waals surface area contributed by atoms with Crippen molar-refractivity contribution in [2.75, 3.05) is 164 Å². The molecule has 0 radical (unpaired) electrons. The summed E-state index contributed by atoms with van der Waals surface area (Å²) >= 11 is 3.78. The Labute approximate surface area is 760 Å². The van der Waals surface area contributed by atoms with Crippen LogP contribution < -0.4 is 26.8 Å². The number of hydrogen-bond acceptors (Lipinski definition) is 29. The van der Waals surface area contributed by atoms with Gasteiger partial charge in [-0.3, -0.25) is 28.8 Å². The highest BCUT2D eigenvalue weighted by Crippen LogP contribution is 2.39. The molecular formula is C93H136FN7O25S2. The number of rotatable bonds is 39. The number of fused-ring (bicyclic) bond motifs is 4. The second-order valence-corrected chi connectivity index (χ2v) is 35.2. The van der Waals surface area contributed by atoms with Crippen molar-refractivity contribution < 1.29 is 124 Å². The minimum absolute atomic E-state index is 0.00745. The summed E-state index contributed by atoms with van der Waals surface area (Å²) < 4.78 is 110. The molecule has 35 heteroatoms. The fourth-order valence-electron chi connectivity index (χ4n) is 16.0. The van der Waals surface area contributed by atoms with E-state index in [0.29, 0.717) is 162 Å². The number of ether oxygens (including phenoxy) is 14. The highest BCUT2D eigenvalue weighted by molar-refractivity contribution is 7.91. The van der Waals surface area contributed by atoms with Gasteiger partial charge >= 0.3 is 5.97 Å². The lowest BCUT2D eigenvalue weighted by Gasteiger charge is -2.42. The van der Waals surface area contributed by atoms with Gasteiger partial charge < -0.3 is 118 Å². The third-order valence-electron chi connectivity index (χ3n) is 23.7. The number of nitrogens with two attached hydrogens (primary N) is 2. The van der Waals surface area contributed by atoms with Crippen LogP contribution in [0.2, 0.25) is 0 Å². The SMILES string of the molecule is CO[C@H]1C[C@@H]2CC[C@@H](C)[C@@](O)(O2)C(=O)C(=O)N2CCCC[C@H]2C(=O)O[C@H]([C@H](N)C[C@@H]2CC[C@@H](OC(=S)NCCOCCOCCOCCOCCOCCOCCOCCOCCC(=O)NCC[S+]([O-])c3ccc(C(=O)N4CCOc5ccc(-c6ccc(N)nc6)cc5C4)c(C)c3F)[C@H](OC)C2)CC(=O)[C@H](C)/C=C(\C)[C@@H](O)[C@@H](O)C(=O)[C@H](C)C[C@H](C)/C=C/C=C/C=C/1C. The number of anilines is 1. The smallest absolute Gasteiger partial charge is 0.329 e. The van der Waals surface area contributed by atoms with Crippen LogP contribution in [0.3, 0.4) is 0 Å². The van der Waals surface area contributed by atoms with Crippen molar-refractivity contribution in [2.45, 2.75) is 204 Å².